The lowest BCUT2D eigenvalue weighted by Crippen LogP contribution is -2.40. The number of halogens is 1. The molecule has 1 N–H and O–H groups in total. The Balaban J connectivity index is 1.70. The fourth-order valence-electron chi connectivity index (χ4n) is 3.03. The SMILES string of the molecule is CC[C@@H]1CCCCN1CCCNC(=O)c1cccc(I)c1. The van der Waals surface area contributed by atoms with Crippen LogP contribution in [0.15, 0.2) is 24.3 Å². The number of hydrogen-bond acceptors (Lipinski definition) is 2. The van der Waals surface area contributed by atoms with Crippen molar-refractivity contribution in [1.29, 1.82) is 0 Å². The van der Waals surface area contributed by atoms with Gasteiger partial charge in [-0.25, -0.2) is 0 Å². The van der Waals surface area contributed by atoms with E-state index in [9.17, 15) is 4.79 Å². The monoisotopic (exact) mass is 400 g/mol. The van der Waals surface area contributed by atoms with Gasteiger partial charge in [0.2, 0.25) is 0 Å². The van der Waals surface area contributed by atoms with Gasteiger partial charge in [-0.2, -0.15) is 0 Å². The normalized spacial score (nSPS) is 19.4. The van der Waals surface area contributed by atoms with Gasteiger partial charge in [-0.3, -0.25) is 4.79 Å². The molecule has 4 heteroatoms. The number of likely N-dealkylation sites (tertiary alicyclic amines) is 1. The third kappa shape index (κ3) is 5.25. The quantitative estimate of drug-likeness (QED) is 0.584. The number of nitrogens with zero attached hydrogens (tertiary/aromatic N) is 1. The molecule has 0 aromatic heterocycles. The molecule has 1 heterocycles. The molecule has 0 saturated carbocycles. The number of hydrogen-bond donors (Lipinski definition) is 1. The molecule has 0 bridgehead atoms. The summed E-state index contributed by atoms with van der Waals surface area (Å²) >= 11 is 2.23. The first-order valence-corrected chi connectivity index (χ1v) is 9.06. The fourth-order valence-corrected chi connectivity index (χ4v) is 3.58. The molecule has 1 amide bonds. The summed E-state index contributed by atoms with van der Waals surface area (Å²) < 4.78 is 1.10. The summed E-state index contributed by atoms with van der Waals surface area (Å²) in [4.78, 5) is 14.6. The van der Waals surface area contributed by atoms with Gasteiger partial charge in [0.15, 0.2) is 0 Å². The van der Waals surface area contributed by atoms with Crippen LogP contribution in [0.1, 0.15) is 49.4 Å². The van der Waals surface area contributed by atoms with Gasteiger partial charge in [-0.15, -0.1) is 0 Å². The predicted molar refractivity (Wildman–Crippen MR) is 95.6 cm³/mol. The topological polar surface area (TPSA) is 32.3 Å². The molecular weight excluding hydrogens is 375 g/mol. The lowest BCUT2D eigenvalue weighted by Gasteiger charge is -2.35. The van der Waals surface area contributed by atoms with E-state index < -0.39 is 0 Å². The van der Waals surface area contributed by atoms with Crippen molar-refractivity contribution >= 4 is 28.5 Å². The minimum Gasteiger partial charge on any atom is -0.352 e. The van der Waals surface area contributed by atoms with Crippen molar-refractivity contribution in [2.45, 2.75) is 45.1 Å². The zero-order chi connectivity index (χ0) is 15.1. The van der Waals surface area contributed by atoms with Gasteiger partial charge in [0, 0.05) is 28.3 Å². The van der Waals surface area contributed by atoms with Gasteiger partial charge in [0.1, 0.15) is 0 Å². The highest BCUT2D eigenvalue weighted by Crippen LogP contribution is 2.19. The van der Waals surface area contributed by atoms with Crippen LogP contribution in [0.25, 0.3) is 0 Å². The highest BCUT2D eigenvalue weighted by atomic mass is 127. The van der Waals surface area contributed by atoms with Crippen molar-refractivity contribution < 1.29 is 4.79 Å². The van der Waals surface area contributed by atoms with E-state index in [-0.39, 0.29) is 5.91 Å². The first-order valence-electron chi connectivity index (χ1n) is 7.98. The Labute approximate surface area is 141 Å². The molecule has 0 spiro atoms. The summed E-state index contributed by atoms with van der Waals surface area (Å²) in [6.07, 6.45) is 6.32. The van der Waals surface area contributed by atoms with E-state index in [1.54, 1.807) is 0 Å². The van der Waals surface area contributed by atoms with E-state index in [1.807, 2.05) is 24.3 Å². The van der Waals surface area contributed by atoms with E-state index in [0.717, 1.165) is 34.7 Å². The zero-order valence-corrected chi connectivity index (χ0v) is 14.9. The van der Waals surface area contributed by atoms with Crippen LogP contribution in [0.2, 0.25) is 0 Å². The number of nitrogens with one attached hydrogen (secondary N) is 1. The minimum absolute atomic E-state index is 0.0409. The van der Waals surface area contributed by atoms with E-state index >= 15 is 0 Å². The van der Waals surface area contributed by atoms with Crippen LogP contribution in [0.3, 0.4) is 0 Å². The Morgan fingerprint density at radius 3 is 3.05 bits per heavy atom. The van der Waals surface area contributed by atoms with Crippen LogP contribution in [0, 0.1) is 3.57 Å². The minimum atomic E-state index is 0.0409. The molecule has 0 aliphatic carbocycles. The van der Waals surface area contributed by atoms with Crippen LogP contribution < -0.4 is 5.32 Å². The van der Waals surface area contributed by atoms with E-state index in [4.69, 9.17) is 0 Å². The first-order chi connectivity index (χ1) is 10.2. The van der Waals surface area contributed by atoms with Gasteiger partial charge >= 0.3 is 0 Å². The zero-order valence-electron chi connectivity index (χ0n) is 12.8. The van der Waals surface area contributed by atoms with Gasteiger partial charge in [0.05, 0.1) is 0 Å². The molecule has 3 nitrogen and oxygen atoms in total. The van der Waals surface area contributed by atoms with Crippen molar-refractivity contribution in [3.63, 3.8) is 0 Å². The van der Waals surface area contributed by atoms with Crippen LogP contribution in [0.5, 0.6) is 0 Å². The number of piperidine rings is 1. The predicted octanol–water partition coefficient (Wildman–Crippen LogP) is 3.68. The van der Waals surface area contributed by atoms with Crippen LogP contribution >= 0.6 is 22.6 Å². The Morgan fingerprint density at radius 2 is 2.29 bits per heavy atom. The van der Waals surface area contributed by atoms with Crippen LogP contribution in [-0.4, -0.2) is 36.5 Å². The van der Waals surface area contributed by atoms with Gasteiger partial charge in [-0.05, 0) is 73.0 Å². The summed E-state index contributed by atoms with van der Waals surface area (Å²) in [5.41, 5.74) is 0.756. The average Bonchev–Trinajstić information content (AvgIpc) is 2.51. The number of carbonyl (C=O) groups excluding carboxylic acids is 1. The van der Waals surface area contributed by atoms with Crippen molar-refractivity contribution in [2.24, 2.45) is 0 Å². The molecule has 116 valence electrons. The summed E-state index contributed by atoms with van der Waals surface area (Å²) in [6, 6.07) is 8.47. The van der Waals surface area contributed by atoms with Crippen molar-refractivity contribution in [2.75, 3.05) is 19.6 Å². The van der Waals surface area contributed by atoms with E-state index in [1.165, 1.54) is 32.2 Å². The molecule has 0 unspecified atom stereocenters. The molecule has 1 fully saturated rings. The van der Waals surface area contributed by atoms with Crippen LogP contribution in [-0.2, 0) is 0 Å². The Kier molecular flexibility index (Phi) is 6.96. The maximum absolute atomic E-state index is 12.0. The molecule has 1 aliphatic rings. The van der Waals surface area contributed by atoms with Crippen LogP contribution in [0.4, 0.5) is 0 Å². The molecule has 21 heavy (non-hydrogen) atoms. The molecule has 1 saturated heterocycles. The molecular formula is C17H25IN2O. The average molecular weight is 400 g/mol. The van der Waals surface area contributed by atoms with Crippen molar-refractivity contribution in [1.82, 2.24) is 10.2 Å². The molecule has 1 atom stereocenters. The number of benzene rings is 1. The lowest BCUT2D eigenvalue weighted by molar-refractivity contribution is 0.0947. The third-order valence-electron chi connectivity index (χ3n) is 4.21. The lowest BCUT2D eigenvalue weighted by atomic mass is 10.00. The Morgan fingerprint density at radius 1 is 1.43 bits per heavy atom. The second-order valence-electron chi connectivity index (χ2n) is 5.71. The fraction of sp³-hybridized carbons (Fsp3) is 0.588. The van der Waals surface area contributed by atoms with Gasteiger partial charge in [-0.1, -0.05) is 19.4 Å². The van der Waals surface area contributed by atoms with Crippen molar-refractivity contribution in [3.05, 3.63) is 33.4 Å². The Bertz CT molecular complexity index is 464. The second-order valence-corrected chi connectivity index (χ2v) is 6.96. The molecule has 0 radical (unpaired) electrons. The molecule has 1 aliphatic heterocycles. The highest BCUT2D eigenvalue weighted by Gasteiger charge is 2.19. The highest BCUT2D eigenvalue weighted by molar-refractivity contribution is 14.1. The van der Waals surface area contributed by atoms with E-state index in [2.05, 4.69) is 39.7 Å². The summed E-state index contributed by atoms with van der Waals surface area (Å²) in [7, 11) is 0. The number of carbonyl (C=O) groups is 1. The molecule has 2 rings (SSSR count). The van der Waals surface area contributed by atoms with E-state index in [0.29, 0.717) is 0 Å². The maximum atomic E-state index is 12.0. The maximum Gasteiger partial charge on any atom is 0.251 e. The summed E-state index contributed by atoms with van der Waals surface area (Å²) in [5.74, 6) is 0.0409. The Hall–Kier alpha value is -0.620. The first kappa shape index (κ1) is 16.7. The second kappa shape index (κ2) is 8.73. The molecule has 1 aromatic rings. The van der Waals surface area contributed by atoms with Gasteiger partial charge < -0.3 is 10.2 Å². The summed E-state index contributed by atoms with van der Waals surface area (Å²) in [6.45, 7) is 5.37. The number of rotatable bonds is 6. The third-order valence-corrected chi connectivity index (χ3v) is 4.89. The number of amides is 1. The standard InChI is InChI=1S/C17H25IN2O/c1-2-16-9-3-4-11-20(16)12-6-10-19-17(21)14-7-5-8-15(18)13-14/h5,7-8,13,16H,2-4,6,9-12H2,1H3,(H,19,21)/t16-/m1/s1. The van der Waals surface area contributed by atoms with Gasteiger partial charge in [0.25, 0.3) is 5.91 Å². The van der Waals surface area contributed by atoms with Crippen molar-refractivity contribution in [3.8, 4) is 0 Å². The largest absolute Gasteiger partial charge is 0.352 e. The smallest absolute Gasteiger partial charge is 0.251 e. The molecule has 1 aromatic carbocycles. The summed E-state index contributed by atoms with van der Waals surface area (Å²) in [5, 5.41) is 3.03.